The molecular weight excluding hydrogens is 159 g/mol. The second kappa shape index (κ2) is 3.71. The van der Waals surface area contributed by atoms with Gasteiger partial charge in [-0.3, -0.25) is 0 Å². The fourth-order valence-electron chi connectivity index (χ4n) is 0.327. The van der Waals surface area contributed by atoms with E-state index in [9.17, 15) is 0 Å². The molecule has 1 aliphatic heterocycles. The van der Waals surface area contributed by atoms with Crippen molar-refractivity contribution in [1.29, 1.82) is 0 Å². The van der Waals surface area contributed by atoms with Crippen LogP contribution in [0.5, 0.6) is 0 Å². The van der Waals surface area contributed by atoms with Gasteiger partial charge >= 0.3 is 0 Å². The molecule has 46 valence electrons. The van der Waals surface area contributed by atoms with Crippen molar-refractivity contribution in [3.05, 3.63) is 12.8 Å². The summed E-state index contributed by atoms with van der Waals surface area (Å²) >= 11 is 0. The molecule has 0 saturated carbocycles. The van der Waals surface area contributed by atoms with Gasteiger partial charge in [0, 0.05) is 15.1 Å². The van der Waals surface area contributed by atoms with Gasteiger partial charge in [0.15, 0.2) is 0 Å². The summed E-state index contributed by atoms with van der Waals surface area (Å²) in [6.45, 7) is 3.65. The number of nitrogens with one attached hydrogen (secondary N) is 2. The Morgan fingerprint density at radius 1 is 1.38 bits per heavy atom. The Hall–Kier alpha value is 0.750. The first kappa shape index (κ1) is 6.86. The third-order valence-corrected chi connectivity index (χ3v) is 4.07. The van der Waals surface area contributed by atoms with E-state index < -0.39 is 0 Å². The maximum Gasteiger partial charge on any atom is 0.0573 e. The third kappa shape index (κ3) is 1.93. The molecule has 2 atom stereocenters. The first-order valence-electron chi connectivity index (χ1n) is 2.11. The van der Waals surface area contributed by atoms with Crippen molar-refractivity contribution in [2.75, 3.05) is 0 Å². The minimum absolute atomic E-state index is 0.720. The number of hydrogen-bond donors (Lipinski definition) is 2. The molecule has 0 aromatic heterocycles. The van der Waals surface area contributed by atoms with E-state index in [1.54, 1.807) is 0 Å². The zero-order valence-corrected chi connectivity index (χ0v) is 7.23. The van der Waals surface area contributed by atoms with Crippen molar-refractivity contribution in [1.82, 2.24) is 14.2 Å². The lowest BCUT2D eigenvalue weighted by Gasteiger charge is -2.24. The van der Waals surface area contributed by atoms with Crippen LogP contribution in [0.1, 0.15) is 0 Å². The second-order valence-electron chi connectivity index (χ2n) is 1.15. The van der Waals surface area contributed by atoms with Gasteiger partial charge in [-0.2, -0.15) is 0 Å². The summed E-state index contributed by atoms with van der Waals surface area (Å²) in [5, 5.41) is 0. The molecule has 6 heteroatoms. The summed E-state index contributed by atoms with van der Waals surface area (Å²) in [5.74, 6) is 0. The van der Waals surface area contributed by atoms with E-state index in [-0.39, 0.29) is 0 Å². The quantitative estimate of drug-likeness (QED) is 0.573. The molecule has 0 bridgehead atoms. The van der Waals surface area contributed by atoms with Gasteiger partial charge in [0.2, 0.25) is 0 Å². The lowest BCUT2D eigenvalue weighted by atomic mass is 11.1. The van der Waals surface area contributed by atoms with Crippen molar-refractivity contribution in [2.24, 2.45) is 0 Å². The smallest absolute Gasteiger partial charge is 0.0573 e. The zero-order valence-electron chi connectivity index (χ0n) is 4.23. The van der Waals surface area contributed by atoms with Crippen molar-refractivity contribution < 1.29 is 0 Å². The Balaban J connectivity index is 2.22. The molecule has 1 saturated heterocycles. The molecule has 8 heavy (non-hydrogen) atoms. The van der Waals surface area contributed by atoms with Crippen LogP contribution in [0.4, 0.5) is 0 Å². The van der Waals surface area contributed by atoms with E-state index in [1.807, 2.05) is 6.20 Å². The van der Waals surface area contributed by atoms with E-state index in [0.29, 0.717) is 0 Å². The minimum Gasteiger partial charge on any atom is -0.315 e. The van der Waals surface area contributed by atoms with E-state index >= 15 is 0 Å². The molecule has 2 unspecified atom stereocenters. The molecule has 2 N–H and O–H groups in total. The van der Waals surface area contributed by atoms with E-state index in [1.165, 1.54) is 0 Å². The summed E-state index contributed by atoms with van der Waals surface area (Å²) in [7, 11) is 2.17. The van der Waals surface area contributed by atoms with Gasteiger partial charge < -0.3 is 4.44 Å². The molecule has 0 spiro atoms. The van der Waals surface area contributed by atoms with Crippen molar-refractivity contribution >= 4 is 26.6 Å². The monoisotopic (exact) mass is 167 g/mol. The highest BCUT2D eigenvalue weighted by molar-refractivity contribution is 7.65. The van der Waals surface area contributed by atoms with Crippen LogP contribution < -0.4 is 9.72 Å². The van der Waals surface area contributed by atoms with Crippen LogP contribution in [0.25, 0.3) is 0 Å². The molecule has 1 fully saturated rings. The predicted molar refractivity (Wildman–Crippen MR) is 43.3 cm³/mol. The van der Waals surface area contributed by atoms with Crippen LogP contribution in [0.3, 0.4) is 0 Å². The fourth-order valence-corrected chi connectivity index (χ4v) is 3.96. The first-order chi connectivity index (χ1) is 3.93. The van der Waals surface area contributed by atoms with E-state index in [2.05, 4.69) is 20.7 Å². The molecule has 0 amide bonds. The van der Waals surface area contributed by atoms with E-state index in [4.69, 9.17) is 0 Å². The molecular formula is C2H8N3P3. The molecule has 0 aromatic carbocycles. The average molecular weight is 167 g/mol. The van der Waals surface area contributed by atoms with Crippen LogP contribution in [-0.2, 0) is 0 Å². The van der Waals surface area contributed by atoms with Gasteiger partial charge in [0.1, 0.15) is 0 Å². The Bertz CT molecular complexity index is 80.6. The van der Waals surface area contributed by atoms with Crippen molar-refractivity contribution in [2.45, 2.75) is 0 Å². The van der Waals surface area contributed by atoms with Crippen LogP contribution in [0, 0.1) is 0 Å². The van der Waals surface area contributed by atoms with Crippen molar-refractivity contribution in [3.8, 4) is 0 Å². The lowest BCUT2D eigenvalue weighted by Crippen LogP contribution is -2.10. The topological polar surface area (TPSA) is 27.3 Å². The van der Waals surface area contributed by atoms with Gasteiger partial charge in [-0.1, -0.05) is 6.58 Å². The van der Waals surface area contributed by atoms with E-state index in [0.717, 1.165) is 26.6 Å². The fraction of sp³-hybridized carbons (Fsp3) is 0. The lowest BCUT2D eigenvalue weighted by molar-refractivity contribution is 0.989. The number of hydrogen-bond acceptors (Lipinski definition) is 3. The van der Waals surface area contributed by atoms with Gasteiger partial charge in [-0.15, -0.1) is 0 Å². The van der Waals surface area contributed by atoms with Gasteiger partial charge in [0.05, 0.1) is 17.8 Å². The Kier molecular flexibility index (Phi) is 3.19. The van der Waals surface area contributed by atoms with Crippen LogP contribution >= 0.6 is 26.6 Å². The summed E-state index contributed by atoms with van der Waals surface area (Å²) in [5.41, 5.74) is 0. The highest BCUT2D eigenvalue weighted by Gasteiger charge is 2.01. The zero-order chi connectivity index (χ0) is 5.82. The highest BCUT2D eigenvalue weighted by atomic mass is 31.2. The third-order valence-electron chi connectivity index (χ3n) is 0.660. The summed E-state index contributed by atoms with van der Waals surface area (Å²) < 4.78 is 2.12. The maximum atomic E-state index is 3.65. The Morgan fingerprint density at radius 2 is 2.00 bits per heavy atom. The number of rotatable bonds is 1. The molecule has 0 radical (unpaired) electrons. The molecule has 1 heterocycles. The van der Waals surface area contributed by atoms with Crippen LogP contribution in [-0.4, -0.2) is 4.44 Å². The molecule has 0 aliphatic carbocycles. The average Bonchev–Trinajstić information content (AvgIpc) is 1.90. The molecule has 1 aliphatic rings. The number of nitrogens with zero attached hydrogens (tertiary/aromatic N) is 1. The first-order valence-corrected chi connectivity index (χ1v) is 5.01. The van der Waals surface area contributed by atoms with Gasteiger partial charge in [0.25, 0.3) is 0 Å². The Morgan fingerprint density at radius 3 is 2.38 bits per heavy atom. The highest BCUT2D eigenvalue weighted by Crippen LogP contribution is 2.36. The summed E-state index contributed by atoms with van der Waals surface area (Å²) in [6.07, 6.45) is 1.85. The molecule has 3 nitrogen and oxygen atoms in total. The second-order valence-corrected chi connectivity index (χ2v) is 5.26. The maximum absolute atomic E-state index is 3.65. The van der Waals surface area contributed by atoms with Gasteiger partial charge in [-0.25, -0.2) is 9.72 Å². The standard InChI is InChI=1S/C2H8N3P3/c1-2-5-7-3-6-4-8-5/h2-4,6-8H,1H2. The normalized spacial score (nSPS) is 29.8. The predicted octanol–water partition coefficient (Wildman–Crippen LogP) is 1.15. The Labute approximate surface area is 54.3 Å². The minimum atomic E-state index is 0.720. The summed E-state index contributed by atoms with van der Waals surface area (Å²) in [6, 6.07) is 0. The molecule has 1 rings (SSSR count). The van der Waals surface area contributed by atoms with Gasteiger partial charge in [-0.05, 0) is 0 Å². The van der Waals surface area contributed by atoms with Crippen LogP contribution in [0.15, 0.2) is 12.8 Å². The van der Waals surface area contributed by atoms with Crippen LogP contribution in [0.2, 0.25) is 0 Å². The SMILES string of the molecule is C=CN1PNPNP1. The largest absolute Gasteiger partial charge is 0.315 e. The summed E-state index contributed by atoms with van der Waals surface area (Å²) in [4.78, 5) is 6.38. The molecule has 0 aromatic rings. The van der Waals surface area contributed by atoms with Crippen molar-refractivity contribution in [3.63, 3.8) is 0 Å².